The van der Waals surface area contributed by atoms with Crippen molar-refractivity contribution in [3.63, 3.8) is 0 Å². The van der Waals surface area contributed by atoms with Crippen molar-refractivity contribution in [3.05, 3.63) is 17.8 Å². The molecule has 0 saturated heterocycles. The van der Waals surface area contributed by atoms with E-state index >= 15 is 0 Å². The Morgan fingerprint density at radius 3 is 2.65 bits per heavy atom. The summed E-state index contributed by atoms with van der Waals surface area (Å²) in [6.07, 6.45) is 13.6. The molecule has 0 radical (unpaired) electrons. The van der Waals surface area contributed by atoms with Crippen molar-refractivity contribution in [2.75, 3.05) is 19.7 Å². The molecule has 1 heterocycles. The van der Waals surface area contributed by atoms with Gasteiger partial charge in [-0.15, -0.1) is 0 Å². The van der Waals surface area contributed by atoms with E-state index in [2.05, 4.69) is 22.7 Å². The molecule has 2 aliphatic carbocycles. The van der Waals surface area contributed by atoms with Crippen molar-refractivity contribution in [2.45, 2.75) is 78.7 Å². The van der Waals surface area contributed by atoms with Crippen LogP contribution >= 0.6 is 0 Å². The first-order valence-electron chi connectivity index (χ1n) is 12.9. The van der Waals surface area contributed by atoms with Crippen LogP contribution in [0, 0.1) is 23.2 Å². The largest absolute Gasteiger partial charge is 0.477 e. The van der Waals surface area contributed by atoms with Gasteiger partial charge in [0.15, 0.2) is 0 Å². The SMILES string of the molecule is CCCOc1c(C(=O)NC(C)C2CC3CCCC(C3)C2)cnn1/C=C/C(C)(C)C(=O)NCCN. The van der Waals surface area contributed by atoms with Gasteiger partial charge in [-0.3, -0.25) is 9.59 Å². The molecule has 2 amide bonds. The fourth-order valence-corrected chi connectivity index (χ4v) is 5.30. The predicted molar refractivity (Wildman–Crippen MR) is 134 cm³/mol. The zero-order valence-corrected chi connectivity index (χ0v) is 21.3. The highest BCUT2D eigenvalue weighted by molar-refractivity contribution is 5.96. The van der Waals surface area contributed by atoms with Crippen LogP contribution in [0.4, 0.5) is 0 Å². The van der Waals surface area contributed by atoms with Crippen LogP contribution < -0.4 is 21.1 Å². The van der Waals surface area contributed by atoms with E-state index in [-0.39, 0.29) is 17.9 Å². The molecule has 4 N–H and O–H groups in total. The standard InChI is InChI=1S/C26H43N5O3/c1-5-13-34-24-22(17-29-31(24)12-9-26(3,4)25(33)28-11-10-27)23(32)30-18(2)21-15-19-7-6-8-20(14-19)16-21/h9,12,17-21H,5-8,10-11,13-16,27H2,1-4H3,(H,28,33)(H,30,32)/b12-9+. The molecule has 0 spiro atoms. The van der Waals surface area contributed by atoms with E-state index in [4.69, 9.17) is 10.5 Å². The Kier molecular flexibility index (Phi) is 9.17. The number of nitrogens with zero attached hydrogens (tertiary/aromatic N) is 2. The quantitative estimate of drug-likeness (QED) is 0.455. The van der Waals surface area contributed by atoms with Crippen LogP contribution in [-0.2, 0) is 4.79 Å². The minimum atomic E-state index is -0.765. The Morgan fingerprint density at radius 2 is 2.00 bits per heavy atom. The van der Waals surface area contributed by atoms with Gasteiger partial charge in [0.05, 0.1) is 18.2 Å². The second kappa shape index (κ2) is 11.9. The van der Waals surface area contributed by atoms with Crippen LogP contribution in [0.15, 0.2) is 12.3 Å². The molecule has 0 aromatic carbocycles. The lowest BCUT2D eigenvalue weighted by Gasteiger charge is -2.41. The fourth-order valence-electron chi connectivity index (χ4n) is 5.30. The van der Waals surface area contributed by atoms with Gasteiger partial charge in [0, 0.05) is 25.3 Å². The molecule has 8 heteroatoms. The van der Waals surface area contributed by atoms with Crippen LogP contribution in [0.25, 0.3) is 6.20 Å². The number of ether oxygens (including phenoxy) is 1. The third kappa shape index (κ3) is 6.62. The Balaban J connectivity index is 1.71. The number of amides is 2. The first-order chi connectivity index (χ1) is 16.2. The van der Waals surface area contributed by atoms with Crippen molar-refractivity contribution < 1.29 is 14.3 Å². The number of fused-ring (bicyclic) bond motifs is 2. The van der Waals surface area contributed by atoms with Gasteiger partial charge in [-0.25, -0.2) is 4.68 Å². The van der Waals surface area contributed by atoms with Crippen LogP contribution in [-0.4, -0.2) is 47.3 Å². The molecule has 2 saturated carbocycles. The van der Waals surface area contributed by atoms with E-state index in [0.29, 0.717) is 37.1 Å². The first-order valence-corrected chi connectivity index (χ1v) is 12.9. The number of nitrogens with one attached hydrogen (secondary N) is 2. The molecule has 1 aromatic rings. The van der Waals surface area contributed by atoms with Crippen molar-refractivity contribution in [3.8, 4) is 5.88 Å². The van der Waals surface area contributed by atoms with Gasteiger partial charge in [0.1, 0.15) is 5.56 Å². The Hall–Kier alpha value is -2.35. The third-order valence-corrected chi connectivity index (χ3v) is 7.31. The summed E-state index contributed by atoms with van der Waals surface area (Å²) >= 11 is 0. The van der Waals surface area contributed by atoms with E-state index < -0.39 is 5.41 Å². The van der Waals surface area contributed by atoms with Crippen LogP contribution in [0.3, 0.4) is 0 Å². The zero-order chi connectivity index (χ0) is 24.7. The monoisotopic (exact) mass is 473 g/mol. The molecule has 8 nitrogen and oxygen atoms in total. The van der Waals surface area contributed by atoms with Gasteiger partial charge in [0.25, 0.3) is 5.91 Å². The molecule has 2 aliphatic rings. The van der Waals surface area contributed by atoms with Crippen molar-refractivity contribution >= 4 is 18.0 Å². The van der Waals surface area contributed by atoms with Crippen molar-refractivity contribution in [1.29, 1.82) is 0 Å². The van der Waals surface area contributed by atoms with Gasteiger partial charge in [-0.1, -0.05) is 32.3 Å². The number of hydrogen-bond acceptors (Lipinski definition) is 5. The summed E-state index contributed by atoms with van der Waals surface area (Å²) in [6, 6.07) is 0.110. The summed E-state index contributed by atoms with van der Waals surface area (Å²) < 4.78 is 7.47. The molecule has 190 valence electrons. The van der Waals surface area contributed by atoms with Crippen LogP contribution in [0.2, 0.25) is 0 Å². The summed E-state index contributed by atoms with van der Waals surface area (Å²) in [7, 11) is 0. The lowest BCUT2D eigenvalue weighted by Crippen LogP contribution is -2.42. The van der Waals surface area contributed by atoms with Gasteiger partial charge in [0.2, 0.25) is 11.8 Å². The van der Waals surface area contributed by atoms with Gasteiger partial charge in [-0.2, -0.15) is 5.10 Å². The lowest BCUT2D eigenvalue weighted by molar-refractivity contribution is -0.127. The number of carbonyl (C=O) groups excluding carboxylic acids is 2. The number of nitrogens with two attached hydrogens (primary N) is 1. The molecule has 2 fully saturated rings. The topological polar surface area (TPSA) is 111 Å². The Morgan fingerprint density at radius 1 is 1.29 bits per heavy atom. The molecule has 2 bridgehead atoms. The smallest absolute Gasteiger partial charge is 0.258 e. The average Bonchev–Trinajstić information content (AvgIpc) is 3.22. The highest BCUT2D eigenvalue weighted by Crippen LogP contribution is 2.43. The highest BCUT2D eigenvalue weighted by atomic mass is 16.5. The number of hydrogen-bond donors (Lipinski definition) is 3. The first kappa shape index (κ1) is 26.3. The van der Waals surface area contributed by atoms with Gasteiger partial charge in [-0.05, 0) is 64.2 Å². The van der Waals surface area contributed by atoms with E-state index in [1.54, 1.807) is 18.5 Å². The molecule has 34 heavy (non-hydrogen) atoms. The fraction of sp³-hybridized carbons (Fsp3) is 0.731. The number of aromatic nitrogens is 2. The second-order valence-electron chi connectivity index (χ2n) is 10.6. The van der Waals surface area contributed by atoms with Crippen molar-refractivity contribution in [1.82, 2.24) is 20.4 Å². The van der Waals surface area contributed by atoms with E-state index in [0.717, 1.165) is 18.3 Å². The van der Waals surface area contributed by atoms with Crippen molar-refractivity contribution in [2.24, 2.45) is 28.9 Å². The summed E-state index contributed by atoms with van der Waals surface area (Å²) in [5.41, 5.74) is 5.14. The second-order valence-corrected chi connectivity index (χ2v) is 10.6. The molecule has 3 atom stereocenters. The third-order valence-electron chi connectivity index (χ3n) is 7.31. The molecule has 3 unspecified atom stereocenters. The summed E-state index contributed by atoms with van der Waals surface area (Å²) in [5, 5.41) is 10.4. The highest BCUT2D eigenvalue weighted by Gasteiger charge is 2.35. The summed E-state index contributed by atoms with van der Waals surface area (Å²) in [4.78, 5) is 25.6. The van der Waals surface area contributed by atoms with E-state index in [1.165, 1.54) is 43.2 Å². The van der Waals surface area contributed by atoms with Crippen LogP contribution in [0.5, 0.6) is 5.88 Å². The Labute approximate surface area is 204 Å². The predicted octanol–water partition coefficient (Wildman–Crippen LogP) is 3.58. The van der Waals surface area contributed by atoms with Gasteiger partial charge >= 0.3 is 0 Å². The molecule has 3 rings (SSSR count). The number of rotatable bonds is 11. The molecule has 0 aliphatic heterocycles. The summed E-state index contributed by atoms with van der Waals surface area (Å²) in [5.74, 6) is 2.28. The molecular formula is C26H43N5O3. The molecular weight excluding hydrogens is 430 g/mol. The zero-order valence-electron chi connectivity index (χ0n) is 21.3. The maximum atomic E-state index is 13.2. The maximum Gasteiger partial charge on any atom is 0.258 e. The van der Waals surface area contributed by atoms with E-state index in [9.17, 15) is 9.59 Å². The minimum Gasteiger partial charge on any atom is -0.477 e. The normalized spacial score (nSPS) is 23.5. The van der Waals surface area contributed by atoms with Gasteiger partial charge < -0.3 is 21.1 Å². The average molecular weight is 474 g/mol. The number of carbonyl (C=O) groups is 2. The van der Waals surface area contributed by atoms with Crippen LogP contribution in [0.1, 0.15) is 83.0 Å². The molecule has 1 aromatic heterocycles. The lowest BCUT2D eigenvalue weighted by atomic mass is 9.66. The summed E-state index contributed by atoms with van der Waals surface area (Å²) in [6.45, 7) is 9.07. The van der Waals surface area contributed by atoms with E-state index in [1.807, 2.05) is 20.8 Å². The Bertz CT molecular complexity index is 851. The minimum absolute atomic E-state index is 0.110. The maximum absolute atomic E-state index is 13.2.